The molecular formula is C12H19ClN4O. The molecule has 2 rings (SSSR count). The van der Waals surface area contributed by atoms with Gasteiger partial charge in [0.25, 0.3) is 0 Å². The molecule has 1 unspecified atom stereocenters. The number of piperidine rings is 1. The van der Waals surface area contributed by atoms with Gasteiger partial charge in [0.15, 0.2) is 5.82 Å². The molecule has 1 aliphatic rings. The molecule has 0 saturated carbocycles. The van der Waals surface area contributed by atoms with Gasteiger partial charge in [-0.2, -0.15) is 4.98 Å². The number of hydrogen-bond acceptors (Lipinski definition) is 5. The topological polar surface area (TPSA) is 50.3 Å². The average Bonchev–Trinajstić information content (AvgIpc) is 2.39. The lowest BCUT2D eigenvalue weighted by Gasteiger charge is -2.40. The summed E-state index contributed by atoms with van der Waals surface area (Å²) in [5.41, 5.74) is -0.133. The molecule has 1 aromatic rings. The second-order valence-electron chi connectivity index (χ2n) is 4.79. The number of rotatable bonds is 3. The maximum atomic E-state index is 6.19. The van der Waals surface area contributed by atoms with E-state index in [1.807, 2.05) is 0 Å². The van der Waals surface area contributed by atoms with E-state index in [1.165, 1.54) is 0 Å². The Labute approximate surface area is 113 Å². The molecule has 0 aromatic carbocycles. The van der Waals surface area contributed by atoms with E-state index in [1.54, 1.807) is 20.4 Å². The molecule has 0 aliphatic carbocycles. The molecule has 1 aliphatic heterocycles. The molecule has 1 aromatic heterocycles. The fourth-order valence-electron chi connectivity index (χ4n) is 2.25. The van der Waals surface area contributed by atoms with Crippen molar-refractivity contribution >= 4 is 23.4 Å². The van der Waals surface area contributed by atoms with Crippen LogP contribution in [0.5, 0.6) is 0 Å². The summed E-state index contributed by atoms with van der Waals surface area (Å²) in [5, 5.41) is 3.51. The van der Waals surface area contributed by atoms with Crippen molar-refractivity contribution in [2.24, 2.45) is 0 Å². The van der Waals surface area contributed by atoms with Gasteiger partial charge in [-0.1, -0.05) is 11.6 Å². The van der Waals surface area contributed by atoms with Crippen LogP contribution in [0.4, 0.5) is 11.8 Å². The van der Waals surface area contributed by atoms with Crippen LogP contribution in [0.25, 0.3) is 0 Å². The van der Waals surface area contributed by atoms with Crippen molar-refractivity contribution in [2.75, 3.05) is 37.5 Å². The first-order chi connectivity index (χ1) is 8.58. The Kier molecular flexibility index (Phi) is 3.92. The van der Waals surface area contributed by atoms with Gasteiger partial charge in [-0.15, -0.1) is 0 Å². The molecule has 0 bridgehead atoms. The first kappa shape index (κ1) is 13.4. The Bertz CT molecular complexity index is 429. The third-order valence-corrected chi connectivity index (χ3v) is 3.67. The summed E-state index contributed by atoms with van der Waals surface area (Å²) >= 11 is 6.19. The second-order valence-corrected chi connectivity index (χ2v) is 5.20. The van der Waals surface area contributed by atoms with Gasteiger partial charge in [0.1, 0.15) is 5.02 Å². The van der Waals surface area contributed by atoms with Crippen LogP contribution in [0.15, 0.2) is 6.20 Å². The third kappa shape index (κ3) is 2.67. The zero-order chi connectivity index (χ0) is 13.2. The summed E-state index contributed by atoms with van der Waals surface area (Å²) in [7, 11) is 3.55. The maximum absolute atomic E-state index is 6.19. The zero-order valence-corrected chi connectivity index (χ0v) is 11.8. The van der Waals surface area contributed by atoms with Crippen LogP contribution < -0.4 is 10.2 Å². The highest BCUT2D eigenvalue weighted by atomic mass is 35.5. The average molecular weight is 271 g/mol. The molecule has 18 heavy (non-hydrogen) atoms. The number of anilines is 2. The molecular weight excluding hydrogens is 252 g/mol. The first-order valence-corrected chi connectivity index (χ1v) is 6.46. The van der Waals surface area contributed by atoms with Gasteiger partial charge in [0, 0.05) is 27.2 Å². The van der Waals surface area contributed by atoms with Crippen molar-refractivity contribution in [3.63, 3.8) is 0 Å². The lowest BCUT2D eigenvalue weighted by atomic mass is 9.95. The molecule has 5 nitrogen and oxygen atoms in total. The normalized spacial score (nSPS) is 24.1. The van der Waals surface area contributed by atoms with Gasteiger partial charge in [-0.05, 0) is 19.8 Å². The van der Waals surface area contributed by atoms with Gasteiger partial charge in [-0.3, -0.25) is 0 Å². The predicted octanol–water partition coefficient (Wildman–Crippen LogP) is 2.18. The number of methoxy groups -OCH3 is 1. The van der Waals surface area contributed by atoms with Gasteiger partial charge in [0.2, 0.25) is 5.95 Å². The Balaban J connectivity index is 2.25. The minimum atomic E-state index is -0.133. The van der Waals surface area contributed by atoms with Crippen molar-refractivity contribution < 1.29 is 4.74 Å². The van der Waals surface area contributed by atoms with Crippen LogP contribution in [0.3, 0.4) is 0 Å². The van der Waals surface area contributed by atoms with Gasteiger partial charge in [0.05, 0.1) is 11.8 Å². The van der Waals surface area contributed by atoms with Gasteiger partial charge < -0.3 is 15.0 Å². The number of halogens is 1. The van der Waals surface area contributed by atoms with Crippen molar-refractivity contribution in [1.29, 1.82) is 0 Å². The first-order valence-electron chi connectivity index (χ1n) is 6.08. The number of nitrogens with zero attached hydrogens (tertiary/aromatic N) is 3. The zero-order valence-electron chi connectivity index (χ0n) is 11.0. The molecule has 1 saturated heterocycles. The molecule has 2 heterocycles. The molecule has 0 spiro atoms. The highest BCUT2D eigenvalue weighted by Crippen LogP contribution is 2.31. The Morgan fingerprint density at radius 3 is 3.00 bits per heavy atom. The van der Waals surface area contributed by atoms with Gasteiger partial charge in [-0.25, -0.2) is 4.98 Å². The largest absolute Gasteiger partial charge is 0.377 e. The second kappa shape index (κ2) is 5.28. The lowest BCUT2D eigenvalue weighted by molar-refractivity contribution is -0.00480. The molecule has 0 amide bonds. The van der Waals surface area contributed by atoms with E-state index in [0.717, 1.165) is 31.7 Å². The highest BCUT2D eigenvalue weighted by molar-refractivity contribution is 6.32. The van der Waals surface area contributed by atoms with E-state index < -0.39 is 0 Å². The molecule has 6 heteroatoms. The third-order valence-electron chi connectivity index (χ3n) is 3.40. The summed E-state index contributed by atoms with van der Waals surface area (Å²) in [6.07, 6.45) is 3.76. The van der Waals surface area contributed by atoms with E-state index in [-0.39, 0.29) is 5.60 Å². The van der Waals surface area contributed by atoms with Crippen LogP contribution in [-0.2, 0) is 4.74 Å². The van der Waals surface area contributed by atoms with Gasteiger partial charge >= 0.3 is 0 Å². The summed E-state index contributed by atoms with van der Waals surface area (Å²) < 4.78 is 5.58. The van der Waals surface area contributed by atoms with E-state index in [2.05, 4.69) is 27.1 Å². The van der Waals surface area contributed by atoms with Crippen LogP contribution in [-0.4, -0.2) is 42.8 Å². The summed E-state index contributed by atoms with van der Waals surface area (Å²) in [6.45, 7) is 3.86. The summed E-state index contributed by atoms with van der Waals surface area (Å²) in [6, 6.07) is 0. The Morgan fingerprint density at radius 1 is 1.56 bits per heavy atom. The predicted molar refractivity (Wildman–Crippen MR) is 73.4 cm³/mol. The molecule has 100 valence electrons. The minimum Gasteiger partial charge on any atom is -0.377 e. The number of ether oxygens (including phenoxy) is 1. The van der Waals surface area contributed by atoms with Crippen LogP contribution in [0, 0.1) is 0 Å². The standard InChI is InChI=1S/C12H19ClN4O/c1-12(18-3)5-4-6-17(8-12)10-9(13)7-15-11(14-2)16-10/h7H,4-6,8H2,1-3H3,(H,14,15,16). The number of aromatic nitrogens is 2. The quantitative estimate of drug-likeness (QED) is 0.912. The fraction of sp³-hybridized carbons (Fsp3) is 0.667. The molecule has 1 atom stereocenters. The van der Waals surface area contributed by atoms with E-state index >= 15 is 0 Å². The number of nitrogens with one attached hydrogen (secondary N) is 1. The van der Waals surface area contributed by atoms with Crippen molar-refractivity contribution in [1.82, 2.24) is 9.97 Å². The molecule has 1 fully saturated rings. The SMILES string of the molecule is CNc1ncc(Cl)c(N2CCCC(C)(OC)C2)n1. The van der Waals surface area contributed by atoms with Crippen LogP contribution >= 0.6 is 11.6 Å². The van der Waals surface area contributed by atoms with E-state index in [9.17, 15) is 0 Å². The maximum Gasteiger partial charge on any atom is 0.224 e. The van der Waals surface area contributed by atoms with Crippen molar-refractivity contribution in [3.8, 4) is 0 Å². The monoisotopic (exact) mass is 270 g/mol. The van der Waals surface area contributed by atoms with E-state index in [4.69, 9.17) is 16.3 Å². The Hall–Kier alpha value is -1.07. The summed E-state index contributed by atoms with van der Waals surface area (Å²) in [4.78, 5) is 10.7. The highest BCUT2D eigenvalue weighted by Gasteiger charge is 2.32. The lowest BCUT2D eigenvalue weighted by Crippen LogP contribution is -2.47. The van der Waals surface area contributed by atoms with Crippen molar-refractivity contribution in [3.05, 3.63) is 11.2 Å². The molecule has 0 radical (unpaired) electrons. The molecule has 1 N–H and O–H groups in total. The van der Waals surface area contributed by atoms with Crippen molar-refractivity contribution in [2.45, 2.75) is 25.4 Å². The number of hydrogen-bond donors (Lipinski definition) is 1. The smallest absolute Gasteiger partial charge is 0.224 e. The van der Waals surface area contributed by atoms with Crippen LogP contribution in [0.1, 0.15) is 19.8 Å². The van der Waals surface area contributed by atoms with E-state index in [0.29, 0.717) is 11.0 Å². The minimum absolute atomic E-state index is 0.133. The fourth-order valence-corrected chi connectivity index (χ4v) is 2.46. The Morgan fingerprint density at radius 2 is 2.33 bits per heavy atom. The van der Waals surface area contributed by atoms with Crippen LogP contribution in [0.2, 0.25) is 5.02 Å². The summed E-state index contributed by atoms with van der Waals surface area (Å²) in [5.74, 6) is 1.36.